The van der Waals surface area contributed by atoms with Crippen molar-refractivity contribution < 1.29 is 0 Å². The maximum absolute atomic E-state index is 12.1. The first-order valence-corrected chi connectivity index (χ1v) is 5.76. The minimum absolute atomic E-state index is 0.157. The summed E-state index contributed by atoms with van der Waals surface area (Å²) < 4.78 is 1.78. The molecule has 0 aliphatic rings. The summed E-state index contributed by atoms with van der Waals surface area (Å²) in [6.45, 7) is 4.44. The van der Waals surface area contributed by atoms with Crippen LogP contribution in [0.3, 0.4) is 0 Å². The average Bonchev–Trinajstić information content (AvgIpc) is 2.70. The summed E-state index contributed by atoms with van der Waals surface area (Å²) in [5, 5.41) is 9.63. The minimum Gasteiger partial charge on any atom is -0.281 e. The van der Waals surface area contributed by atoms with Crippen molar-refractivity contribution in [2.45, 2.75) is 26.8 Å². The van der Waals surface area contributed by atoms with Gasteiger partial charge in [-0.05, 0) is 31.6 Å². The van der Waals surface area contributed by atoms with Crippen molar-refractivity contribution in [1.82, 2.24) is 25.0 Å². The molecular weight excluding hydrogens is 238 g/mol. The van der Waals surface area contributed by atoms with Crippen LogP contribution >= 0.6 is 12.2 Å². The quantitative estimate of drug-likeness (QED) is 0.808. The second-order valence-corrected chi connectivity index (χ2v) is 4.13. The molecule has 0 atom stereocenters. The van der Waals surface area contributed by atoms with Gasteiger partial charge in [-0.2, -0.15) is 10.1 Å². The minimum atomic E-state index is -0.157. The van der Waals surface area contributed by atoms with Gasteiger partial charge >= 0.3 is 0 Å². The lowest BCUT2D eigenvalue weighted by molar-refractivity contribution is 0.562. The number of hydrogen-bond acceptors (Lipinski definition) is 4. The van der Waals surface area contributed by atoms with Gasteiger partial charge < -0.3 is 0 Å². The molecule has 0 unspecified atom stereocenters. The third-order valence-electron chi connectivity index (χ3n) is 2.29. The van der Waals surface area contributed by atoms with Crippen LogP contribution in [0.4, 0.5) is 0 Å². The van der Waals surface area contributed by atoms with Gasteiger partial charge in [-0.25, -0.2) is 4.68 Å². The number of rotatable bonds is 3. The van der Waals surface area contributed by atoms with Crippen LogP contribution in [0.15, 0.2) is 10.9 Å². The van der Waals surface area contributed by atoms with E-state index in [-0.39, 0.29) is 5.56 Å². The fraction of sp³-hybridized carbons (Fsp3) is 0.400. The molecular formula is C10H13N5OS. The van der Waals surface area contributed by atoms with Crippen molar-refractivity contribution in [1.29, 1.82) is 0 Å². The van der Waals surface area contributed by atoms with E-state index in [4.69, 9.17) is 12.2 Å². The highest BCUT2D eigenvalue weighted by Crippen LogP contribution is 2.09. The Kier molecular flexibility index (Phi) is 3.19. The Labute approximate surface area is 103 Å². The lowest BCUT2D eigenvalue weighted by Crippen LogP contribution is -2.25. The molecule has 0 spiro atoms. The van der Waals surface area contributed by atoms with Crippen LogP contribution in [0.1, 0.15) is 19.0 Å². The van der Waals surface area contributed by atoms with Crippen LogP contribution in [-0.4, -0.2) is 25.0 Å². The Hall–Kier alpha value is -1.76. The lowest BCUT2D eigenvalue weighted by Gasteiger charge is -2.05. The normalized spacial score (nSPS) is 10.7. The second-order valence-electron chi connectivity index (χ2n) is 3.74. The summed E-state index contributed by atoms with van der Waals surface area (Å²) in [5.74, 6) is 0.454. The molecule has 2 N–H and O–H groups in total. The van der Waals surface area contributed by atoms with E-state index in [0.29, 0.717) is 22.7 Å². The van der Waals surface area contributed by atoms with Crippen LogP contribution in [0, 0.1) is 11.7 Å². The highest BCUT2D eigenvalue weighted by atomic mass is 32.1. The van der Waals surface area contributed by atoms with Crippen LogP contribution in [0.2, 0.25) is 0 Å². The molecule has 0 aromatic carbocycles. The smallest absolute Gasteiger partial charge is 0.277 e. The first-order valence-electron chi connectivity index (χ1n) is 5.35. The monoisotopic (exact) mass is 251 g/mol. The molecule has 0 radical (unpaired) electrons. The summed E-state index contributed by atoms with van der Waals surface area (Å²) in [5.41, 5.74) is 1.10. The van der Waals surface area contributed by atoms with Gasteiger partial charge in [0.1, 0.15) is 0 Å². The zero-order valence-electron chi connectivity index (χ0n) is 9.65. The molecule has 7 heteroatoms. The number of nitrogens with one attached hydrogen (secondary N) is 2. The Bertz CT molecular complexity index is 639. The van der Waals surface area contributed by atoms with E-state index in [2.05, 4.69) is 20.3 Å². The van der Waals surface area contributed by atoms with Crippen molar-refractivity contribution in [3.8, 4) is 11.4 Å². The fourth-order valence-corrected chi connectivity index (χ4v) is 1.75. The van der Waals surface area contributed by atoms with Gasteiger partial charge in [0.15, 0.2) is 5.82 Å². The number of aromatic amines is 2. The van der Waals surface area contributed by atoms with Gasteiger partial charge in [0.2, 0.25) is 4.77 Å². The van der Waals surface area contributed by atoms with Gasteiger partial charge in [-0.15, -0.1) is 0 Å². The predicted octanol–water partition coefficient (Wildman–Crippen LogP) is 1.41. The van der Waals surface area contributed by atoms with Crippen LogP contribution in [0.25, 0.3) is 11.4 Å². The van der Waals surface area contributed by atoms with Crippen LogP contribution < -0.4 is 5.56 Å². The fourth-order valence-electron chi connectivity index (χ4n) is 1.61. The predicted molar refractivity (Wildman–Crippen MR) is 66.3 cm³/mol. The number of H-pyrrole nitrogens is 2. The summed E-state index contributed by atoms with van der Waals surface area (Å²) in [7, 11) is 0. The molecule has 90 valence electrons. The molecule has 0 bridgehead atoms. The summed E-state index contributed by atoms with van der Waals surface area (Å²) in [6.07, 6.45) is 0.854. The van der Waals surface area contributed by atoms with Gasteiger partial charge in [-0.3, -0.25) is 15.0 Å². The van der Waals surface area contributed by atoms with Crippen molar-refractivity contribution in [3.05, 3.63) is 26.9 Å². The molecule has 0 fully saturated rings. The first kappa shape index (κ1) is 11.7. The van der Waals surface area contributed by atoms with Crippen molar-refractivity contribution in [2.24, 2.45) is 0 Å². The molecule has 2 heterocycles. The zero-order chi connectivity index (χ0) is 12.4. The lowest BCUT2D eigenvalue weighted by atomic mass is 10.2. The standard InChI is InChI=1S/C10H13N5OS/c1-3-4-15-9(16)7(5-6(2)14-15)8-11-10(17)13-12-8/h5H,3-4H2,1-2H3,(H2,11,12,13,17). The van der Waals surface area contributed by atoms with Crippen LogP contribution in [-0.2, 0) is 6.54 Å². The SMILES string of the molecule is CCCn1nc(C)cc(-c2nc(=S)[nH][nH]2)c1=O. The molecule has 2 aromatic rings. The number of aromatic nitrogens is 5. The Balaban J connectivity index is 2.61. The summed E-state index contributed by atoms with van der Waals surface area (Å²) in [4.78, 5) is 16.2. The molecule has 0 aliphatic carbocycles. The van der Waals surface area contributed by atoms with Crippen molar-refractivity contribution in [2.75, 3.05) is 0 Å². The van der Waals surface area contributed by atoms with E-state index >= 15 is 0 Å². The number of aryl methyl sites for hydroxylation is 2. The summed E-state index contributed by atoms with van der Waals surface area (Å²) >= 11 is 4.87. The molecule has 0 saturated heterocycles. The van der Waals surface area contributed by atoms with Crippen LogP contribution in [0.5, 0.6) is 0 Å². The van der Waals surface area contributed by atoms with E-state index in [0.717, 1.165) is 12.1 Å². The molecule has 6 nitrogen and oxygen atoms in total. The highest BCUT2D eigenvalue weighted by molar-refractivity contribution is 7.71. The Morgan fingerprint density at radius 2 is 2.24 bits per heavy atom. The van der Waals surface area contributed by atoms with E-state index in [1.807, 2.05) is 13.8 Å². The van der Waals surface area contributed by atoms with E-state index < -0.39 is 0 Å². The molecule has 0 aliphatic heterocycles. The average molecular weight is 251 g/mol. The molecule has 2 aromatic heterocycles. The molecule has 17 heavy (non-hydrogen) atoms. The van der Waals surface area contributed by atoms with Gasteiger partial charge in [-0.1, -0.05) is 6.92 Å². The molecule has 0 amide bonds. The Morgan fingerprint density at radius 3 is 2.82 bits per heavy atom. The molecule has 0 saturated carbocycles. The molecule has 2 rings (SSSR count). The largest absolute Gasteiger partial charge is 0.281 e. The number of nitrogens with zero attached hydrogens (tertiary/aromatic N) is 3. The van der Waals surface area contributed by atoms with Crippen molar-refractivity contribution in [3.63, 3.8) is 0 Å². The maximum atomic E-state index is 12.1. The maximum Gasteiger partial charge on any atom is 0.277 e. The third-order valence-corrected chi connectivity index (χ3v) is 2.48. The van der Waals surface area contributed by atoms with Gasteiger partial charge in [0, 0.05) is 6.54 Å². The van der Waals surface area contributed by atoms with E-state index in [1.165, 1.54) is 4.68 Å². The number of hydrogen-bond donors (Lipinski definition) is 2. The van der Waals surface area contributed by atoms with E-state index in [9.17, 15) is 4.79 Å². The van der Waals surface area contributed by atoms with Crippen molar-refractivity contribution >= 4 is 12.2 Å². The third kappa shape index (κ3) is 2.33. The van der Waals surface area contributed by atoms with E-state index in [1.54, 1.807) is 6.07 Å². The second kappa shape index (κ2) is 4.62. The van der Waals surface area contributed by atoms with Gasteiger partial charge in [0.25, 0.3) is 5.56 Å². The summed E-state index contributed by atoms with van der Waals surface area (Å²) in [6, 6.07) is 1.70. The highest BCUT2D eigenvalue weighted by Gasteiger charge is 2.10. The Morgan fingerprint density at radius 1 is 1.47 bits per heavy atom. The first-order chi connectivity index (χ1) is 8.11. The zero-order valence-corrected chi connectivity index (χ0v) is 10.5. The van der Waals surface area contributed by atoms with Gasteiger partial charge in [0.05, 0.1) is 11.3 Å². The topological polar surface area (TPSA) is 79.4 Å².